The van der Waals surface area contributed by atoms with Crippen molar-refractivity contribution in [1.29, 1.82) is 0 Å². The Labute approximate surface area is 66.4 Å². The first kappa shape index (κ1) is 8.30. The zero-order valence-corrected chi connectivity index (χ0v) is 6.51. The van der Waals surface area contributed by atoms with Crippen LogP contribution in [-0.2, 0) is 6.54 Å². The normalized spacial score (nSPS) is 10.3. The number of hydrogen-bond acceptors (Lipinski definition) is 2. The lowest BCUT2D eigenvalue weighted by Crippen LogP contribution is -2.15. The van der Waals surface area contributed by atoms with Crippen LogP contribution in [0.5, 0.6) is 0 Å². The average Bonchev–Trinajstić information content (AvgIpc) is 2.50. The lowest BCUT2D eigenvalue weighted by molar-refractivity contribution is 0.286. The molecule has 0 aliphatic heterocycles. The largest absolute Gasteiger partial charge is 0.396 e. The summed E-state index contributed by atoms with van der Waals surface area (Å²) in [7, 11) is 0. The summed E-state index contributed by atoms with van der Waals surface area (Å²) in [5.74, 6) is 0. The summed E-state index contributed by atoms with van der Waals surface area (Å²) in [6.07, 6.45) is 2.73. The first-order valence-electron chi connectivity index (χ1n) is 3.87. The van der Waals surface area contributed by atoms with E-state index in [1.54, 1.807) is 0 Å². The summed E-state index contributed by atoms with van der Waals surface area (Å²) >= 11 is 0. The minimum Gasteiger partial charge on any atom is -0.396 e. The third-order valence-electron chi connectivity index (χ3n) is 1.49. The number of aromatic amines is 1. The number of aliphatic hydroxyl groups excluding tert-OH is 1. The topological polar surface area (TPSA) is 48.0 Å². The standard InChI is InChI=1S/C8H14N2O/c11-6-2-4-9-7-8-3-1-5-10-8/h1,3,5,9-11H,2,4,6-7H2. The van der Waals surface area contributed by atoms with E-state index in [2.05, 4.69) is 10.3 Å². The molecule has 0 fully saturated rings. The summed E-state index contributed by atoms with van der Waals surface area (Å²) in [6, 6.07) is 4.01. The zero-order valence-electron chi connectivity index (χ0n) is 6.51. The molecule has 3 nitrogen and oxygen atoms in total. The van der Waals surface area contributed by atoms with Crippen LogP contribution in [0.25, 0.3) is 0 Å². The summed E-state index contributed by atoms with van der Waals surface area (Å²) in [5, 5.41) is 11.7. The molecular formula is C8H14N2O. The molecule has 0 bridgehead atoms. The van der Waals surface area contributed by atoms with Gasteiger partial charge in [0.05, 0.1) is 0 Å². The van der Waals surface area contributed by atoms with Crippen molar-refractivity contribution in [2.24, 2.45) is 0 Å². The molecule has 0 radical (unpaired) electrons. The Kier molecular flexibility index (Phi) is 3.72. The highest BCUT2D eigenvalue weighted by Crippen LogP contribution is 1.92. The Balaban J connectivity index is 2.04. The van der Waals surface area contributed by atoms with Gasteiger partial charge < -0.3 is 15.4 Å². The van der Waals surface area contributed by atoms with E-state index in [9.17, 15) is 0 Å². The van der Waals surface area contributed by atoms with Crippen molar-refractivity contribution in [3.8, 4) is 0 Å². The first-order valence-corrected chi connectivity index (χ1v) is 3.87. The van der Waals surface area contributed by atoms with Gasteiger partial charge in [-0.05, 0) is 25.1 Å². The lowest BCUT2D eigenvalue weighted by Gasteiger charge is -2.00. The molecule has 0 amide bonds. The minimum atomic E-state index is 0.262. The Morgan fingerprint density at radius 2 is 2.45 bits per heavy atom. The summed E-state index contributed by atoms with van der Waals surface area (Å²) < 4.78 is 0. The van der Waals surface area contributed by atoms with Gasteiger partial charge in [-0.1, -0.05) is 0 Å². The summed E-state index contributed by atoms with van der Waals surface area (Å²) in [6.45, 7) is 1.99. The molecule has 11 heavy (non-hydrogen) atoms. The minimum absolute atomic E-state index is 0.262. The average molecular weight is 154 g/mol. The van der Waals surface area contributed by atoms with Crippen molar-refractivity contribution in [3.63, 3.8) is 0 Å². The van der Waals surface area contributed by atoms with Crippen LogP contribution in [-0.4, -0.2) is 23.2 Å². The van der Waals surface area contributed by atoms with Gasteiger partial charge in [0.2, 0.25) is 0 Å². The van der Waals surface area contributed by atoms with Gasteiger partial charge in [-0.15, -0.1) is 0 Å². The molecule has 0 aliphatic rings. The van der Waals surface area contributed by atoms with Crippen molar-refractivity contribution in [2.45, 2.75) is 13.0 Å². The van der Waals surface area contributed by atoms with Crippen molar-refractivity contribution in [3.05, 3.63) is 24.0 Å². The molecule has 0 saturated heterocycles. The number of hydrogen-bond donors (Lipinski definition) is 3. The maximum Gasteiger partial charge on any atom is 0.0443 e. The molecule has 62 valence electrons. The molecule has 1 rings (SSSR count). The molecule has 1 aromatic rings. The maximum atomic E-state index is 8.48. The second-order valence-corrected chi connectivity index (χ2v) is 2.45. The zero-order chi connectivity index (χ0) is 7.94. The van der Waals surface area contributed by atoms with Crippen molar-refractivity contribution in [2.75, 3.05) is 13.2 Å². The van der Waals surface area contributed by atoms with Crippen LogP contribution in [0.1, 0.15) is 12.1 Å². The van der Waals surface area contributed by atoms with E-state index in [1.165, 1.54) is 5.69 Å². The van der Waals surface area contributed by atoms with E-state index in [4.69, 9.17) is 5.11 Å². The quantitative estimate of drug-likeness (QED) is 0.540. The SMILES string of the molecule is OCCCNCc1ccc[nH]1. The van der Waals surface area contributed by atoms with Crippen LogP contribution in [0.15, 0.2) is 18.3 Å². The molecule has 1 aromatic heterocycles. The maximum absolute atomic E-state index is 8.48. The number of nitrogens with one attached hydrogen (secondary N) is 2. The highest BCUT2D eigenvalue weighted by atomic mass is 16.3. The van der Waals surface area contributed by atoms with E-state index >= 15 is 0 Å². The number of H-pyrrole nitrogens is 1. The summed E-state index contributed by atoms with van der Waals surface area (Å²) in [4.78, 5) is 3.09. The van der Waals surface area contributed by atoms with Crippen LogP contribution in [0.3, 0.4) is 0 Å². The molecule has 0 spiro atoms. The van der Waals surface area contributed by atoms with Crippen LogP contribution >= 0.6 is 0 Å². The van der Waals surface area contributed by atoms with E-state index in [-0.39, 0.29) is 6.61 Å². The molecule has 0 saturated carbocycles. The van der Waals surface area contributed by atoms with Gasteiger partial charge in [0, 0.05) is 25.0 Å². The summed E-state index contributed by atoms with van der Waals surface area (Å²) in [5.41, 5.74) is 1.18. The molecule has 0 unspecified atom stereocenters. The fourth-order valence-corrected chi connectivity index (χ4v) is 0.905. The van der Waals surface area contributed by atoms with Crippen LogP contribution < -0.4 is 5.32 Å². The smallest absolute Gasteiger partial charge is 0.0443 e. The van der Waals surface area contributed by atoms with Gasteiger partial charge in [0.1, 0.15) is 0 Å². The van der Waals surface area contributed by atoms with Gasteiger partial charge in [0.15, 0.2) is 0 Å². The van der Waals surface area contributed by atoms with Crippen LogP contribution in [0.2, 0.25) is 0 Å². The van der Waals surface area contributed by atoms with E-state index in [0.717, 1.165) is 19.5 Å². The van der Waals surface area contributed by atoms with Crippen molar-refractivity contribution < 1.29 is 5.11 Å². The fourth-order valence-electron chi connectivity index (χ4n) is 0.905. The fraction of sp³-hybridized carbons (Fsp3) is 0.500. The van der Waals surface area contributed by atoms with E-state index < -0.39 is 0 Å². The van der Waals surface area contributed by atoms with Gasteiger partial charge >= 0.3 is 0 Å². The van der Waals surface area contributed by atoms with Crippen molar-refractivity contribution >= 4 is 0 Å². The molecule has 3 heteroatoms. The predicted octanol–water partition coefficient (Wildman–Crippen LogP) is 0.487. The highest BCUT2D eigenvalue weighted by molar-refractivity contribution is 5.02. The second-order valence-electron chi connectivity index (χ2n) is 2.45. The second kappa shape index (κ2) is 4.93. The van der Waals surface area contributed by atoms with E-state index in [0.29, 0.717) is 0 Å². The van der Waals surface area contributed by atoms with Crippen LogP contribution in [0, 0.1) is 0 Å². The molecule has 1 heterocycles. The van der Waals surface area contributed by atoms with Crippen LogP contribution in [0.4, 0.5) is 0 Å². The van der Waals surface area contributed by atoms with E-state index in [1.807, 2.05) is 18.3 Å². The van der Waals surface area contributed by atoms with Gasteiger partial charge in [0.25, 0.3) is 0 Å². The molecule has 3 N–H and O–H groups in total. The molecule has 0 aromatic carbocycles. The molecular weight excluding hydrogens is 140 g/mol. The highest BCUT2D eigenvalue weighted by Gasteiger charge is 1.89. The lowest BCUT2D eigenvalue weighted by atomic mass is 10.4. The monoisotopic (exact) mass is 154 g/mol. The molecule has 0 aliphatic carbocycles. The third-order valence-corrected chi connectivity index (χ3v) is 1.49. The van der Waals surface area contributed by atoms with Crippen molar-refractivity contribution in [1.82, 2.24) is 10.3 Å². The Morgan fingerprint density at radius 3 is 3.09 bits per heavy atom. The Bertz CT molecular complexity index is 172. The number of rotatable bonds is 5. The Morgan fingerprint density at radius 1 is 1.55 bits per heavy atom. The Hall–Kier alpha value is -0.800. The number of aromatic nitrogens is 1. The van der Waals surface area contributed by atoms with Gasteiger partial charge in [-0.3, -0.25) is 0 Å². The predicted molar refractivity (Wildman–Crippen MR) is 44.2 cm³/mol. The molecule has 0 atom stereocenters. The van der Waals surface area contributed by atoms with Gasteiger partial charge in [-0.2, -0.15) is 0 Å². The third kappa shape index (κ3) is 3.20. The number of aliphatic hydroxyl groups is 1. The van der Waals surface area contributed by atoms with Gasteiger partial charge in [-0.25, -0.2) is 0 Å². The first-order chi connectivity index (χ1) is 5.43.